The van der Waals surface area contributed by atoms with Crippen LogP contribution in [0, 0.1) is 6.92 Å². The van der Waals surface area contributed by atoms with Crippen molar-refractivity contribution in [2.45, 2.75) is 37.6 Å². The number of phenols is 1. The average molecular weight is 337 g/mol. The minimum Gasteiger partial charge on any atom is -0.508 e. The molecule has 1 fully saturated rings. The highest BCUT2D eigenvalue weighted by atomic mass is 35.5. The fraction of sp³-hybridized carbons (Fsp3) is 0.462. The maximum Gasteiger partial charge on any atom is 0.335 e. The molecule has 124 valence electrons. The number of carboxylic acid groups (broad SMARTS) is 1. The van der Waals surface area contributed by atoms with Crippen LogP contribution in [-0.4, -0.2) is 67.3 Å². The minimum absolute atomic E-state index is 0.261. The number of ether oxygens (including phenoxy) is 1. The third kappa shape index (κ3) is 4.54. The molecule has 22 heavy (non-hydrogen) atoms. The van der Waals surface area contributed by atoms with Gasteiger partial charge >= 0.3 is 5.97 Å². The van der Waals surface area contributed by atoms with Gasteiger partial charge in [-0.25, -0.2) is 4.79 Å². The molecule has 5 atom stereocenters. The van der Waals surface area contributed by atoms with E-state index in [1.165, 1.54) is 0 Å². The molecule has 0 aromatic heterocycles. The Balaban J connectivity index is 0.000000235. The van der Waals surface area contributed by atoms with Gasteiger partial charge in [-0.15, -0.1) is 0 Å². The number of aryl methyl sites for hydroxylation is 1. The molecule has 6 N–H and O–H groups in total. The van der Waals surface area contributed by atoms with Crippen LogP contribution in [0.15, 0.2) is 18.2 Å². The average Bonchev–Trinajstić information content (AvgIpc) is 2.45. The zero-order chi connectivity index (χ0) is 17.0. The number of hydrogen-bond acceptors (Lipinski definition) is 7. The molecular formula is C13H17ClO8. The molecule has 0 saturated carbocycles. The summed E-state index contributed by atoms with van der Waals surface area (Å²) in [6.45, 7) is 1.85. The van der Waals surface area contributed by atoms with Crippen LogP contribution < -0.4 is 0 Å². The largest absolute Gasteiger partial charge is 0.508 e. The monoisotopic (exact) mass is 336 g/mol. The van der Waals surface area contributed by atoms with Crippen LogP contribution >= 0.6 is 11.6 Å². The van der Waals surface area contributed by atoms with Crippen molar-refractivity contribution in [3.63, 3.8) is 0 Å². The number of carbonyl (C=O) groups is 1. The molecule has 1 aromatic rings. The Morgan fingerprint density at radius 2 is 1.73 bits per heavy atom. The summed E-state index contributed by atoms with van der Waals surface area (Å²) in [7, 11) is 0. The number of aliphatic hydroxyl groups is 4. The highest BCUT2D eigenvalue weighted by Gasteiger charge is 2.46. The summed E-state index contributed by atoms with van der Waals surface area (Å²) in [5, 5.41) is 53.9. The molecule has 0 amide bonds. The number of carboxylic acids is 1. The zero-order valence-electron chi connectivity index (χ0n) is 11.5. The van der Waals surface area contributed by atoms with Crippen LogP contribution in [0.2, 0.25) is 5.02 Å². The second-order valence-electron chi connectivity index (χ2n) is 4.69. The van der Waals surface area contributed by atoms with Gasteiger partial charge in [0.1, 0.15) is 24.1 Å². The standard InChI is InChI=1S/C7H7ClO.C6H10O7/c1-5-4-6(9)2-3-7(5)8;7-1-2(8)4(5(10)11)13-6(12)3(1)9/h2-4,9H,1H3;1-4,6-9,12H,(H,10,11)/t;1-,2-,3+,4-,6+/m.0/s1. The number of aliphatic carboxylic acids is 1. The molecule has 1 heterocycles. The van der Waals surface area contributed by atoms with Crippen LogP contribution in [0.25, 0.3) is 0 Å². The highest BCUT2D eigenvalue weighted by Crippen LogP contribution is 2.20. The molecule has 0 bridgehead atoms. The smallest absolute Gasteiger partial charge is 0.335 e. The summed E-state index contributed by atoms with van der Waals surface area (Å²) >= 11 is 5.67. The second kappa shape index (κ2) is 7.73. The summed E-state index contributed by atoms with van der Waals surface area (Å²) in [6.07, 6.45) is -8.72. The van der Waals surface area contributed by atoms with Crippen molar-refractivity contribution in [1.82, 2.24) is 0 Å². The van der Waals surface area contributed by atoms with Gasteiger partial charge in [0.05, 0.1) is 0 Å². The Hall–Kier alpha value is -1.42. The van der Waals surface area contributed by atoms with Gasteiger partial charge in [-0.1, -0.05) is 11.6 Å². The normalized spacial score (nSPS) is 31.1. The van der Waals surface area contributed by atoms with E-state index in [0.29, 0.717) is 5.02 Å². The summed E-state index contributed by atoms with van der Waals surface area (Å²) in [5.41, 5.74) is 0.900. The zero-order valence-corrected chi connectivity index (χ0v) is 12.3. The molecule has 1 aromatic carbocycles. The van der Waals surface area contributed by atoms with Gasteiger partial charge in [-0.05, 0) is 30.7 Å². The van der Waals surface area contributed by atoms with Gasteiger partial charge in [0.25, 0.3) is 0 Å². The predicted molar refractivity (Wildman–Crippen MR) is 74.4 cm³/mol. The lowest BCUT2D eigenvalue weighted by atomic mass is 9.99. The van der Waals surface area contributed by atoms with E-state index in [-0.39, 0.29) is 5.75 Å². The van der Waals surface area contributed by atoms with E-state index < -0.39 is 36.7 Å². The number of aromatic hydroxyl groups is 1. The SMILES string of the molecule is Cc1cc(O)ccc1Cl.O=C(O)[C@H]1O[C@@H](O)[C@H](O)[C@@H](O)[C@@H]1O. The van der Waals surface area contributed by atoms with Crippen molar-refractivity contribution in [2.24, 2.45) is 0 Å². The lowest BCUT2D eigenvalue weighted by molar-refractivity contribution is -0.279. The van der Waals surface area contributed by atoms with Crippen LogP contribution in [0.3, 0.4) is 0 Å². The molecule has 0 aliphatic carbocycles. The Labute approximate surface area is 130 Å². The molecule has 0 spiro atoms. The summed E-state index contributed by atoms with van der Waals surface area (Å²) in [6, 6.07) is 4.86. The van der Waals surface area contributed by atoms with Crippen molar-refractivity contribution in [3.05, 3.63) is 28.8 Å². The van der Waals surface area contributed by atoms with Crippen LogP contribution in [0.4, 0.5) is 0 Å². The van der Waals surface area contributed by atoms with Crippen molar-refractivity contribution in [3.8, 4) is 5.75 Å². The quantitative estimate of drug-likeness (QED) is 0.391. The van der Waals surface area contributed by atoms with Crippen molar-refractivity contribution in [1.29, 1.82) is 0 Å². The van der Waals surface area contributed by atoms with E-state index in [1.807, 2.05) is 6.92 Å². The third-order valence-corrected chi connectivity index (χ3v) is 3.40. The number of phenolic OH excluding ortho intramolecular Hbond substituents is 1. The maximum absolute atomic E-state index is 10.4. The Morgan fingerprint density at radius 3 is 2.18 bits per heavy atom. The van der Waals surface area contributed by atoms with Crippen molar-refractivity contribution in [2.75, 3.05) is 0 Å². The maximum atomic E-state index is 10.4. The van der Waals surface area contributed by atoms with Crippen molar-refractivity contribution < 1.29 is 40.2 Å². The molecule has 9 heteroatoms. The minimum atomic E-state index is -1.81. The first-order chi connectivity index (χ1) is 10.1. The molecule has 1 saturated heterocycles. The van der Waals surface area contributed by atoms with E-state index in [2.05, 4.69) is 4.74 Å². The number of rotatable bonds is 1. The predicted octanol–water partition coefficient (Wildman–Crippen LogP) is -0.775. The van der Waals surface area contributed by atoms with E-state index in [4.69, 9.17) is 42.2 Å². The highest BCUT2D eigenvalue weighted by molar-refractivity contribution is 6.31. The van der Waals surface area contributed by atoms with Gasteiger partial charge in [0.2, 0.25) is 0 Å². The van der Waals surface area contributed by atoms with Crippen LogP contribution in [-0.2, 0) is 9.53 Å². The number of aliphatic hydroxyl groups excluding tert-OH is 4. The molecule has 0 unspecified atom stereocenters. The summed E-state index contributed by atoms with van der Waals surface area (Å²) in [4.78, 5) is 10.4. The van der Waals surface area contributed by atoms with Crippen LogP contribution in [0.5, 0.6) is 5.75 Å². The number of halogens is 1. The van der Waals surface area contributed by atoms with E-state index in [1.54, 1.807) is 18.2 Å². The summed E-state index contributed by atoms with van der Waals surface area (Å²) in [5.74, 6) is -1.26. The first-order valence-corrected chi connectivity index (χ1v) is 6.58. The van der Waals surface area contributed by atoms with Gasteiger partial charge in [0, 0.05) is 5.02 Å². The van der Waals surface area contributed by atoms with Gasteiger partial charge in [0.15, 0.2) is 12.4 Å². The molecule has 1 aliphatic rings. The lowest BCUT2D eigenvalue weighted by Crippen LogP contribution is -2.59. The Morgan fingerprint density at radius 1 is 1.14 bits per heavy atom. The van der Waals surface area contributed by atoms with E-state index >= 15 is 0 Å². The fourth-order valence-electron chi connectivity index (χ4n) is 1.69. The molecule has 0 radical (unpaired) electrons. The molecular weight excluding hydrogens is 320 g/mol. The first kappa shape index (κ1) is 18.6. The molecule has 8 nitrogen and oxygen atoms in total. The molecule has 1 aliphatic heterocycles. The van der Waals surface area contributed by atoms with Gasteiger partial charge in [-0.2, -0.15) is 0 Å². The Bertz CT molecular complexity index is 523. The molecule has 2 rings (SSSR count). The number of benzene rings is 1. The van der Waals surface area contributed by atoms with Gasteiger partial charge < -0.3 is 35.4 Å². The number of hydrogen-bond donors (Lipinski definition) is 6. The topological polar surface area (TPSA) is 148 Å². The van der Waals surface area contributed by atoms with Gasteiger partial charge in [-0.3, -0.25) is 0 Å². The van der Waals surface area contributed by atoms with Crippen LogP contribution in [0.1, 0.15) is 5.56 Å². The fourth-order valence-corrected chi connectivity index (χ4v) is 1.81. The lowest BCUT2D eigenvalue weighted by Gasteiger charge is -2.36. The van der Waals surface area contributed by atoms with Crippen molar-refractivity contribution >= 4 is 17.6 Å². The third-order valence-electron chi connectivity index (χ3n) is 2.97. The second-order valence-corrected chi connectivity index (χ2v) is 5.10. The Kier molecular flexibility index (Phi) is 6.54. The van der Waals surface area contributed by atoms with E-state index in [9.17, 15) is 4.79 Å². The van der Waals surface area contributed by atoms with E-state index in [0.717, 1.165) is 5.56 Å². The first-order valence-electron chi connectivity index (χ1n) is 6.20. The summed E-state index contributed by atoms with van der Waals surface area (Å²) < 4.78 is 4.34.